The van der Waals surface area contributed by atoms with Crippen LogP contribution in [0.5, 0.6) is 0 Å². The summed E-state index contributed by atoms with van der Waals surface area (Å²) in [5.41, 5.74) is -0.307. The van der Waals surface area contributed by atoms with Crippen molar-refractivity contribution in [2.75, 3.05) is 5.32 Å². The Hall–Kier alpha value is -2.98. The number of aryl methyl sites for hydroxylation is 1. The number of hydrogen-bond donors (Lipinski definition) is 3. The minimum Gasteiger partial charge on any atom is -0.387 e. The molecule has 0 spiro atoms. The third kappa shape index (κ3) is 4.95. The highest BCUT2D eigenvalue weighted by atomic mass is 19.3. The number of rotatable bonds is 7. The van der Waals surface area contributed by atoms with Crippen LogP contribution in [-0.4, -0.2) is 46.4 Å². The van der Waals surface area contributed by atoms with E-state index in [1.165, 1.54) is 37.7 Å². The second-order valence-corrected chi connectivity index (χ2v) is 7.95. The summed E-state index contributed by atoms with van der Waals surface area (Å²) in [7, 11) is 0. The van der Waals surface area contributed by atoms with Crippen LogP contribution in [0, 0.1) is 6.92 Å². The molecule has 0 unspecified atom stereocenters. The maximum Gasteiger partial charge on any atom is 0.280 e. The Bertz CT molecular complexity index is 1030. The van der Waals surface area contributed by atoms with Crippen molar-refractivity contribution >= 4 is 11.6 Å². The van der Waals surface area contributed by atoms with Crippen molar-refractivity contribution in [1.82, 2.24) is 25.0 Å². The molecule has 10 heteroatoms. The van der Waals surface area contributed by atoms with Crippen molar-refractivity contribution in [1.29, 1.82) is 0 Å². The smallest absolute Gasteiger partial charge is 0.280 e. The average molecular weight is 418 g/mol. The Morgan fingerprint density at radius 2 is 1.90 bits per heavy atom. The molecule has 30 heavy (non-hydrogen) atoms. The molecular formula is C20H24F2N6O2. The van der Waals surface area contributed by atoms with Crippen LogP contribution in [0.1, 0.15) is 38.5 Å². The minimum atomic E-state index is -2.68. The summed E-state index contributed by atoms with van der Waals surface area (Å²) in [6.45, 7) is 6.50. The predicted octanol–water partition coefficient (Wildman–Crippen LogP) is 3.25. The Kier molecular flexibility index (Phi) is 5.82. The van der Waals surface area contributed by atoms with E-state index < -0.39 is 17.6 Å². The van der Waals surface area contributed by atoms with E-state index in [0.29, 0.717) is 11.4 Å². The molecule has 0 fully saturated rings. The maximum absolute atomic E-state index is 12.9. The normalized spacial score (nSPS) is 14.0. The lowest BCUT2D eigenvalue weighted by Gasteiger charge is -2.35. The van der Waals surface area contributed by atoms with Crippen molar-refractivity contribution in [3.63, 3.8) is 0 Å². The minimum absolute atomic E-state index is 0.0503. The number of hydrogen-bond acceptors (Lipinski definition) is 7. The first-order valence-electron chi connectivity index (χ1n) is 9.30. The lowest BCUT2D eigenvalue weighted by Crippen LogP contribution is -2.50. The number of alkyl halides is 2. The van der Waals surface area contributed by atoms with Gasteiger partial charge in [-0.2, -0.15) is 0 Å². The zero-order chi connectivity index (χ0) is 22.1. The van der Waals surface area contributed by atoms with Crippen LogP contribution < -0.4 is 5.32 Å². The lowest BCUT2D eigenvalue weighted by atomic mass is 9.88. The van der Waals surface area contributed by atoms with Gasteiger partial charge in [0.2, 0.25) is 5.95 Å². The molecule has 0 bridgehead atoms. The molecule has 0 saturated carbocycles. The molecule has 8 nitrogen and oxygen atoms in total. The number of aliphatic hydroxyl groups is 2. The maximum atomic E-state index is 12.9. The Morgan fingerprint density at radius 3 is 2.57 bits per heavy atom. The molecule has 2 heterocycles. The first-order valence-corrected chi connectivity index (χ1v) is 9.30. The van der Waals surface area contributed by atoms with Crippen LogP contribution in [0.25, 0.3) is 11.3 Å². The first kappa shape index (κ1) is 21.7. The van der Waals surface area contributed by atoms with E-state index in [9.17, 15) is 19.0 Å². The van der Waals surface area contributed by atoms with E-state index in [-0.39, 0.29) is 18.2 Å². The van der Waals surface area contributed by atoms with Gasteiger partial charge >= 0.3 is 0 Å². The van der Waals surface area contributed by atoms with Crippen molar-refractivity contribution in [2.45, 2.75) is 51.9 Å². The van der Waals surface area contributed by atoms with E-state index in [1.807, 2.05) is 19.1 Å². The molecule has 0 aliphatic carbocycles. The molecule has 160 valence electrons. The lowest BCUT2D eigenvalue weighted by molar-refractivity contribution is -0.129. The third-order valence-corrected chi connectivity index (χ3v) is 4.86. The summed E-state index contributed by atoms with van der Waals surface area (Å²) in [5.74, 6) is 0.0641. The number of benzene rings is 1. The predicted molar refractivity (Wildman–Crippen MR) is 107 cm³/mol. The van der Waals surface area contributed by atoms with Crippen LogP contribution in [0.2, 0.25) is 0 Å². The molecule has 0 radical (unpaired) electrons. The molecule has 1 aromatic carbocycles. The van der Waals surface area contributed by atoms with Gasteiger partial charge in [-0.3, -0.25) is 0 Å². The van der Waals surface area contributed by atoms with Gasteiger partial charge in [-0.05, 0) is 57.5 Å². The topological polar surface area (TPSA) is 109 Å². The van der Waals surface area contributed by atoms with Gasteiger partial charge in [-0.25, -0.2) is 23.4 Å². The summed E-state index contributed by atoms with van der Waals surface area (Å²) in [6, 6.07) is 6.65. The molecule has 0 saturated heterocycles. The highest BCUT2D eigenvalue weighted by Gasteiger charge is 2.38. The molecule has 0 amide bonds. The van der Waals surface area contributed by atoms with Crippen LogP contribution in [0.15, 0.2) is 36.7 Å². The number of aromatic nitrogens is 5. The zero-order valence-corrected chi connectivity index (χ0v) is 17.1. The van der Waals surface area contributed by atoms with Gasteiger partial charge < -0.3 is 15.5 Å². The number of nitrogens with zero attached hydrogens (tertiary/aromatic N) is 5. The summed E-state index contributed by atoms with van der Waals surface area (Å²) >= 11 is 0. The summed E-state index contributed by atoms with van der Waals surface area (Å²) in [6.07, 6.45) is 0.248. The Morgan fingerprint density at radius 1 is 1.17 bits per heavy atom. The highest BCUT2D eigenvalue weighted by Crippen LogP contribution is 2.27. The molecular weight excluding hydrogens is 394 g/mol. The fraction of sp³-hybridized carbons (Fsp3) is 0.400. The van der Waals surface area contributed by atoms with Gasteiger partial charge in [0.1, 0.15) is 17.0 Å². The Balaban J connectivity index is 1.84. The summed E-state index contributed by atoms with van der Waals surface area (Å²) in [5, 5.41) is 31.7. The molecule has 0 aliphatic heterocycles. The van der Waals surface area contributed by atoms with Crippen LogP contribution in [-0.2, 0) is 6.54 Å². The largest absolute Gasteiger partial charge is 0.387 e. The van der Waals surface area contributed by atoms with Crippen LogP contribution in [0.4, 0.5) is 20.4 Å². The molecule has 3 rings (SSSR count). The zero-order valence-electron chi connectivity index (χ0n) is 17.1. The van der Waals surface area contributed by atoms with Gasteiger partial charge in [-0.1, -0.05) is 5.21 Å². The number of anilines is 2. The first-order chi connectivity index (χ1) is 13.9. The van der Waals surface area contributed by atoms with Gasteiger partial charge in [0.05, 0.1) is 18.3 Å². The molecule has 0 aliphatic rings. The van der Waals surface area contributed by atoms with Crippen molar-refractivity contribution in [2.24, 2.45) is 0 Å². The van der Waals surface area contributed by atoms with E-state index in [4.69, 9.17) is 0 Å². The Labute approximate surface area is 172 Å². The summed E-state index contributed by atoms with van der Waals surface area (Å²) < 4.78 is 27.2. The molecule has 3 aromatic rings. The van der Waals surface area contributed by atoms with E-state index in [0.717, 1.165) is 11.1 Å². The van der Waals surface area contributed by atoms with Gasteiger partial charge in [0, 0.05) is 17.4 Å². The van der Waals surface area contributed by atoms with Crippen molar-refractivity contribution in [3.05, 3.63) is 47.9 Å². The molecule has 3 N–H and O–H groups in total. The second-order valence-electron chi connectivity index (χ2n) is 7.95. The van der Waals surface area contributed by atoms with E-state index in [2.05, 4.69) is 25.6 Å². The summed E-state index contributed by atoms with van der Waals surface area (Å²) in [4.78, 5) is 7.79. The fourth-order valence-electron chi connectivity index (χ4n) is 2.70. The van der Waals surface area contributed by atoms with Crippen LogP contribution in [0.3, 0.4) is 0 Å². The average Bonchev–Trinajstić information content (AvgIpc) is 3.08. The van der Waals surface area contributed by atoms with Gasteiger partial charge in [0.25, 0.3) is 6.43 Å². The van der Waals surface area contributed by atoms with Crippen LogP contribution >= 0.6 is 0 Å². The van der Waals surface area contributed by atoms with Gasteiger partial charge in [-0.15, -0.1) is 5.10 Å². The molecule has 2 aromatic heterocycles. The van der Waals surface area contributed by atoms with E-state index in [1.54, 1.807) is 12.3 Å². The number of halogens is 2. The van der Waals surface area contributed by atoms with Crippen molar-refractivity contribution < 1.29 is 19.0 Å². The monoisotopic (exact) mass is 418 g/mol. The van der Waals surface area contributed by atoms with Gasteiger partial charge in [0.15, 0.2) is 0 Å². The van der Waals surface area contributed by atoms with Crippen molar-refractivity contribution in [3.8, 4) is 11.3 Å². The quantitative estimate of drug-likeness (QED) is 0.540. The highest BCUT2D eigenvalue weighted by molar-refractivity contribution is 5.68. The third-order valence-electron chi connectivity index (χ3n) is 4.86. The van der Waals surface area contributed by atoms with E-state index >= 15 is 0 Å². The molecule has 1 atom stereocenters. The fourth-order valence-corrected chi connectivity index (χ4v) is 2.70. The second kappa shape index (κ2) is 8.04. The SMILES string of the molecule is Cc1cc(Nc2nccc(C(F)F)n2)cc(-c2cn(C[C@](C)(O)C(C)(C)O)nn2)c1. The number of nitrogens with one attached hydrogen (secondary N) is 1. The standard InChI is InChI=1S/C20H24F2N6O2/c1-12-7-13(16-10-28(27-26-16)11-20(4,30)19(2,3)29)9-14(8-12)24-18-23-6-5-15(25-18)17(21)22/h5-10,17,29-30H,11H2,1-4H3,(H,23,24,25)/t20-/m0/s1.